The number of hydrogen-bond acceptors (Lipinski definition) is 2. The average Bonchev–Trinajstić information content (AvgIpc) is 2.77. The number of ether oxygens (including phenoxy) is 1. The molecule has 2 heteroatoms. The van der Waals surface area contributed by atoms with E-state index in [1.54, 1.807) is 0 Å². The highest BCUT2D eigenvalue weighted by molar-refractivity contribution is 5.74. The molecular formula is C16H28O2. The Bertz CT molecular complexity index is 341. The summed E-state index contributed by atoms with van der Waals surface area (Å²) in [5.74, 6) is 2.22. The average molecular weight is 252 g/mol. The van der Waals surface area contributed by atoms with Crippen molar-refractivity contribution < 1.29 is 9.53 Å². The SMILES string of the molecule is CCC1(C)C2C[C@@H](CC2C(=O)OC(C)(C)C)[C@@H]1C. The van der Waals surface area contributed by atoms with Gasteiger partial charge in [0.2, 0.25) is 0 Å². The number of fused-ring (bicyclic) bond motifs is 2. The first-order chi connectivity index (χ1) is 8.19. The van der Waals surface area contributed by atoms with E-state index in [1.807, 2.05) is 20.8 Å². The summed E-state index contributed by atoms with van der Waals surface area (Å²) in [7, 11) is 0. The predicted molar refractivity (Wildman–Crippen MR) is 73.1 cm³/mol. The van der Waals surface area contributed by atoms with Crippen LogP contribution in [-0.2, 0) is 9.53 Å². The van der Waals surface area contributed by atoms with Crippen molar-refractivity contribution in [2.45, 2.75) is 66.4 Å². The van der Waals surface area contributed by atoms with E-state index in [2.05, 4.69) is 20.8 Å². The molecule has 5 atom stereocenters. The molecule has 0 aromatic rings. The number of carbonyl (C=O) groups is 1. The van der Waals surface area contributed by atoms with Gasteiger partial charge in [-0.3, -0.25) is 4.79 Å². The third-order valence-electron chi connectivity index (χ3n) is 5.66. The first-order valence-corrected chi connectivity index (χ1v) is 7.42. The van der Waals surface area contributed by atoms with E-state index < -0.39 is 0 Å². The highest BCUT2D eigenvalue weighted by atomic mass is 16.6. The Hall–Kier alpha value is -0.530. The maximum atomic E-state index is 12.3. The lowest BCUT2D eigenvalue weighted by Crippen LogP contribution is -2.41. The molecule has 0 aromatic heterocycles. The van der Waals surface area contributed by atoms with Gasteiger partial charge in [0.25, 0.3) is 0 Å². The number of rotatable bonds is 2. The van der Waals surface area contributed by atoms with Crippen LogP contribution in [0.3, 0.4) is 0 Å². The van der Waals surface area contributed by atoms with Crippen LogP contribution in [0.1, 0.15) is 60.8 Å². The molecule has 3 unspecified atom stereocenters. The fourth-order valence-corrected chi connectivity index (χ4v) is 4.31. The summed E-state index contributed by atoms with van der Waals surface area (Å²) in [6.45, 7) is 12.9. The number of carbonyl (C=O) groups excluding carboxylic acids is 1. The second-order valence-electron chi connectivity index (χ2n) is 7.63. The van der Waals surface area contributed by atoms with Crippen molar-refractivity contribution in [3.8, 4) is 0 Å². The van der Waals surface area contributed by atoms with E-state index in [0.29, 0.717) is 11.3 Å². The van der Waals surface area contributed by atoms with E-state index in [4.69, 9.17) is 4.74 Å². The number of esters is 1. The van der Waals surface area contributed by atoms with Crippen molar-refractivity contribution in [1.82, 2.24) is 0 Å². The summed E-state index contributed by atoms with van der Waals surface area (Å²) in [6.07, 6.45) is 3.46. The molecule has 104 valence electrons. The van der Waals surface area contributed by atoms with Crippen molar-refractivity contribution >= 4 is 5.97 Å². The summed E-state index contributed by atoms with van der Waals surface area (Å²) in [6, 6.07) is 0. The van der Waals surface area contributed by atoms with Gasteiger partial charge < -0.3 is 4.74 Å². The Labute approximate surface area is 111 Å². The van der Waals surface area contributed by atoms with Crippen molar-refractivity contribution in [3.63, 3.8) is 0 Å². The summed E-state index contributed by atoms with van der Waals surface area (Å²) in [4.78, 5) is 12.3. The van der Waals surface area contributed by atoms with E-state index in [-0.39, 0.29) is 17.5 Å². The van der Waals surface area contributed by atoms with Crippen molar-refractivity contribution in [2.24, 2.45) is 29.1 Å². The predicted octanol–water partition coefficient (Wildman–Crippen LogP) is 4.04. The van der Waals surface area contributed by atoms with Crippen molar-refractivity contribution in [1.29, 1.82) is 0 Å². The molecule has 2 aliphatic rings. The largest absolute Gasteiger partial charge is 0.460 e. The fourth-order valence-electron chi connectivity index (χ4n) is 4.31. The van der Waals surface area contributed by atoms with Crippen LogP contribution in [0.25, 0.3) is 0 Å². The van der Waals surface area contributed by atoms with Crippen LogP contribution in [0.5, 0.6) is 0 Å². The highest BCUT2D eigenvalue weighted by Gasteiger charge is 2.59. The molecule has 2 nitrogen and oxygen atoms in total. The third-order valence-corrected chi connectivity index (χ3v) is 5.66. The summed E-state index contributed by atoms with van der Waals surface area (Å²) in [5, 5.41) is 0. The normalized spacial score (nSPS) is 43.2. The summed E-state index contributed by atoms with van der Waals surface area (Å²) in [5.41, 5.74) is -0.0162. The van der Waals surface area contributed by atoms with Crippen LogP contribution in [0.2, 0.25) is 0 Å². The van der Waals surface area contributed by atoms with Gasteiger partial charge >= 0.3 is 5.97 Å². The van der Waals surface area contributed by atoms with Gasteiger partial charge in [-0.25, -0.2) is 0 Å². The van der Waals surface area contributed by atoms with Crippen molar-refractivity contribution in [3.05, 3.63) is 0 Å². The molecular weight excluding hydrogens is 224 g/mol. The molecule has 0 spiro atoms. The molecule has 2 aliphatic carbocycles. The van der Waals surface area contributed by atoms with E-state index in [9.17, 15) is 4.79 Å². The molecule has 0 aliphatic heterocycles. The van der Waals surface area contributed by atoms with Gasteiger partial charge in [0.15, 0.2) is 0 Å². The van der Waals surface area contributed by atoms with Crippen LogP contribution in [-0.4, -0.2) is 11.6 Å². The number of hydrogen-bond donors (Lipinski definition) is 0. The topological polar surface area (TPSA) is 26.3 Å². The van der Waals surface area contributed by atoms with Gasteiger partial charge in [-0.2, -0.15) is 0 Å². The summed E-state index contributed by atoms with van der Waals surface area (Å²) >= 11 is 0. The standard InChI is InChI=1S/C16H28O2/c1-7-16(6)10(2)11-8-12(13(16)9-11)14(17)18-15(3,4)5/h10-13H,7-9H2,1-6H3/t10-,11+,12?,13?,16?/m0/s1. The quantitative estimate of drug-likeness (QED) is 0.693. The zero-order chi connectivity index (χ0) is 13.7. The first-order valence-electron chi connectivity index (χ1n) is 7.42. The monoisotopic (exact) mass is 252 g/mol. The van der Waals surface area contributed by atoms with E-state index in [0.717, 1.165) is 18.3 Å². The molecule has 0 amide bonds. The molecule has 2 saturated carbocycles. The van der Waals surface area contributed by atoms with Gasteiger partial charge in [0.1, 0.15) is 5.60 Å². The lowest BCUT2D eigenvalue weighted by atomic mass is 9.63. The van der Waals surface area contributed by atoms with Gasteiger partial charge in [0.05, 0.1) is 5.92 Å². The van der Waals surface area contributed by atoms with Crippen LogP contribution >= 0.6 is 0 Å². The molecule has 0 saturated heterocycles. The Morgan fingerprint density at radius 2 is 1.94 bits per heavy atom. The molecule has 0 aromatic carbocycles. The van der Waals surface area contributed by atoms with Crippen LogP contribution < -0.4 is 0 Å². The minimum absolute atomic E-state index is 0.0431. The maximum absolute atomic E-state index is 12.3. The molecule has 2 fully saturated rings. The molecule has 0 radical (unpaired) electrons. The molecule has 2 bridgehead atoms. The van der Waals surface area contributed by atoms with E-state index >= 15 is 0 Å². The fraction of sp³-hybridized carbons (Fsp3) is 0.938. The van der Waals surface area contributed by atoms with Crippen LogP contribution in [0, 0.1) is 29.1 Å². The minimum Gasteiger partial charge on any atom is -0.460 e. The van der Waals surface area contributed by atoms with Crippen LogP contribution in [0.15, 0.2) is 0 Å². The Morgan fingerprint density at radius 1 is 1.33 bits per heavy atom. The minimum atomic E-state index is -0.354. The third kappa shape index (κ3) is 2.08. The van der Waals surface area contributed by atoms with Gasteiger partial charge in [0, 0.05) is 0 Å². The Balaban J connectivity index is 2.13. The van der Waals surface area contributed by atoms with Gasteiger partial charge in [-0.1, -0.05) is 27.2 Å². The molecule has 0 heterocycles. The lowest BCUT2D eigenvalue weighted by Gasteiger charge is -2.42. The smallest absolute Gasteiger partial charge is 0.309 e. The maximum Gasteiger partial charge on any atom is 0.309 e. The van der Waals surface area contributed by atoms with Gasteiger partial charge in [-0.05, 0) is 56.8 Å². The first kappa shape index (κ1) is 13.9. The zero-order valence-corrected chi connectivity index (χ0v) is 12.7. The summed E-state index contributed by atoms with van der Waals surface area (Å²) < 4.78 is 5.61. The zero-order valence-electron chi connectivity index (χ0n) is 12.7. The highest BCUT2D eigenvalue weighted by Crippen LogP contribution is 2.63. The Kier molecular flexibility index (Phi) is 3.28. The molecule has 18 heavy (non-hydrogen) atoms. The van der Waals surface area contributed by atoms with Crippen molar-refractivity contribution in [2.75, 3.05) is 0 Å². The van der Waals surface area contributed by atoms with Crippen LogP contribution in [0.4, 0.5) is 0 Å². The molecule has 0 N–H and O–H groups in total. The lowest BCUT2D eigenvalue weighted by molar-refractivity contribution is -0.164. The second kappa shape index (κ2) is 4.25. The second-order valence-corrected chi connectivity index (χ2v) is 7.63. The van der Waals surface area contributed by atoms with E-state index in [1.165, 1.54) is 12.8 Å². The van der Waals surface area contributed by atoms with Gasteiger partial charge in [-0.15, -0.1) is 0 Å². The Morgan fingerprint density at radius 3 is 2.39 bits per heavy atom. The molecule has 2 rings (SSSR count).